The Morgan fingerprint density at radius 1 is 0.968 bits per heavy atom. The van der Waals surface area contributed by atoms with Crippen molar-refractivity contribution in [1.82, 2.24) is 0 Å². The predicted molar refractivity (Wildman–Crippen MR) is 109 cm³/mol. The minimum absolute atomic E-state index is 0.106. The summed E-state index contributed by atoms with van der Waals surface area (Å²) in [6.07, 6.45) is -4.61. The molecule has 0 aliphatic carbocycles. The summed E-state index contributed by atoms with van der Waals surface area (Å²) in [6, 6.07) is 8.93. The first-order valence-corrected chi connectivity index (χ1v) is 10.9. The molecule has 0 radical (unpaired) electrons. The Labute approximate surface area is 177 Å². The van der Waals surface area contributed by atoms with E-state index in [1.807, 2.05) is 0 Å². The number of rotatable bonds is 7. The number of aliphatic carboxylic acids is 1. The van der Waals surface area contributed by atoms with E-state index in [2.05, 4.69) is 4.99 Å². The monoisotopic (exact) mass is 459 g/mol. The highest BCUT2D eigenvalue weighted by Crippen LogP contribution is 2.28. The number of sulfone groups is 1. The number of aliphatic imine (C=N–C) groups is 1. The van der Waals surface area contributed by atoms with E-state index in [4.69, 9.17) is 0 Å². The highest BCUT2D eigenvalue weighted by molar-refractivity contribution is 7.90. The highest BCUT2D eigenvalue weighted by Gasteiger charge is 2.39. The molecule has 0 fully saturated rings. The van der Waals surface area contributed by atoms with Crippen LogP contribution in [0, 0.1) is 0 Å². The van der Waals surface area contributed by atoms with Gasteiger partial charge >= 0.3 is 12.1 Å². The van der Waals surface area contributed by atoms with Gasteiger partial charge in [0.1, 0.15) is 11.4 Å². The molecule has 0 saturated heterocycles. The summed E-state index contributed by atoms with van der Waals surface area (Å²) < 4.78 is 77.6. The highest BCUT2D eigenvalue weighted by atomic mass is 32.2. The summed E-state index contributed by atoms with van der Waals surface area (Å²) in [6.45, 7) is 2.13. The van der Waals surface area contributed by atoms with Crippen molar-refractivity contribution in [1.29, 1.82) is 0 Å². The zero-order valence-corrected chi connectivity index (χ0v) is 17.8. The van der Waals surface area contributed by atoms with Crippen LogP contribution >= 0.6 is 0 Å². The molecule has 10 heteroatoms. The minimum atomic E-state index is -4.95. The van der Waals surface area contributed by atoms with Gasteiger partial charge in [-0.05, 0) is 37.1 Å². The third-order valence-corrected chi connectivity index (χ3v) is 5.42. The third-order valence-electron chi connectivity index (χ3n) is 4.29. The van der Waals surface area contributed by atoms with Crippen LogP contribution in [0.1, 0.15) is 25.8 Å². The molecule has 1 atom stereocenters. The first-order valence-electron chi connectivity index (χ1n) is 9.05. The molecule has 0 heterocycles. The number of carboxylic acids is 1. The normalized spacial score (nSPS) is 14.4. The molecular weight excluding hydrogens is 438 g/mol. The van der Waals surface area contributed by atoms with Crippen molar-refractivity contribution in [2.24, 2.45) is 4.99 Å². The van der Waals surface area contributed by atoms with Crippen molar-refractivity contribution in [3.63, 3.8) is 0 Å². The molecule has 0 aromatic heterocycles. The van der Waals surface area contributed by atoms with Crippen LogP contribution in [0.4, 0.5) is 17.6 Å². The predicted octanol–water partition coefficient (Wildman–Crippen LogP) is 4.70. The molecule has 2 aromatic carbocycles. The molecule has 0 bridgehead atoms. The lowest BCUT2D eigenvalue weighted by molar-refractivity contribution is -0.139. The number of hydrogen-bond acceptors (Lipinski definition) is 4. The van der Waals surface area contributed by atoms with Gasteiger partial charge in [0.2, 0.25) is 0 Å². The summed E-state index contributed by atoms with van der Waals surface area (Å²) in [4.78, 5) is 14.8. The van der Waals surface area contributed by atoms with Crippen molar-refractivity contribution in [2.75, 3.05) is 6.26 Å². The summed E-state index contributed by atoms with van der Waals surface area (Å²) in [7, 11) is -3.38. The van der Waals surface area contributed by atoms with Gasteiger partial charge in [-0.25, -0.2) is 17.6 Å². The molecule has 31 heavy (non-hydrogen) atoms. The van der Waals surface area contributed by atoms with Crippen molar-refractivity contribution < 1.29 is 35.9 Å². The van der Waals surface area contributed by atoms with Crippen LogP contribution in [-0.4, -0.2) is 49.3 Å². The Hall–Kier alpha value is -2.75. The Morgan fingerprint density at radius 3 is 1.77 bits per heavy atom. The Morgan fingerprint density at radius 2 is 1.42 bits per heavy atom. The van der Waals surface area contributed by atoms with Crippen LogP contribution in [0.5, 0.6) is 0 Å². The average molecular weight is 459 g/mol. The summed E-state index contributed by atoms with van der Waals surface area (Å²) in [5, 5.41) is 9.19. The van der Waals surface area contributed by atoms with Gasteiger partial charge in [-0.3, -0.25) is 4.99 Å². The second-order valence-electron chi connectivity index (χ2n) is 7.63. The first-order chi connectivity index (χ1) is 14.1. The number of hydrogen-bond donors (Lipinski definition) is 1. The van der Waals surface area contributed by atoms with Crippen molar-refractivity contribution in [2.45, 2.75) is 43.1 Å². The zero-order valence-electron chi connectivity index (χ0n) is 16.9. The maximum Gasteiger partial charge on any atom is 0.433 e. The molecule has 2 rings (SSSR count). The van der Waals surface area contributed by atoms with Crippen molar-refractivity contribution >= 4 is 21.5 Å². The molecule has 0 spiro atoms. The zero-order chi connectivity index (χ0) is 23.6. The number of benzene rings is 2. The summed E-state index contributed by atoms with van der Waals surface area (Å²) in [5.74, 6) is -1.66. The number of carbonyl (C=O) groups is 1. The van der Waals surface area contributed by atoms with E-state index in [9.17, 15) is 35.9 Å². The van der Waals surface area contributed by atoms with E-state index in [1.54, 1.807) is 0 Å². The van der Waals surface area contributed by atoms with E-state index in [-0.39, 0.29) is 10.5 Å². The smallest absolute Gasteiger partial charge is 0.433 e. The fraction of sp³-hybridized carbons (Fsp3) is 0.333. The van der Waals surface area contributed by atoms with Crippen LogP contribution in [0.15, 0.2) is 58.4 Å². The van der Waals surface area contributed by atoms with Crippen LogP contribution in [0.3, 0.4) is 0 Å². The van der Waals surface area contributed by atoms with Gasteiger partial charge < -0.3 is 5.11 Å². The largest absolute Gasteiger partial charge is 0.480 e. The van der Waals surface area contributed by atoms with Crippen LogP contribution in [0.25, 0.3) is 11.1 Å². The molecule has 0 aliphatic heterocycles. The van der Waals surface area contributed by atoms with Crippen molar-refractivity contribution in [3.8, 4) is 11.1 Å². The SMILES string of the molecule is CC(C)(F)CC(N=C(c1ccc(-c2ccc(S(C)(=O)=O)cc2)cc1)C(F)(F)F)C(=O)O. The van der Waals surface area contributed by atoms with E-state index < -0.39 is 45.8 Å². The molecule has 168 valence electrons. The molecular formula is C21H21F4NO4S. The second kappa shape index (κ2) is 8.78. The van der Waals surface area contributed by atoms with E-state index in [0.29, 0.717) is 11.1 Å². The van der Waals surface area contributed by atoms with Crippen LogP contribution < -0.4 is 0 Å². The lowest BCUT2D eigenvalue weighted by atomic mass is 9.99. The lowest BCUT2D eigenvalue weighted by Gasteiger charge is -2.19. The first kappa shape index (κ1) is 24.5. The Balaban J connectivity index is 2.42. The maximum atomic E-state index is 13.8. The molecule has 2 aromatic rings. The molecule has 0 saturated carbocycles. The number of carboxylic acid groups (broad SMARTS) is 1. The van der Waals surface area contributed by atoms with Crippen LogP contribution in [0.2, 0.25) is 0 Å². The van der Waals surface area contributed by atoms with E-state index >= 15 is 0 Å². The quantitative estimate of drug-likeness (QED) is 0.481. The number of halogens is 4. The lowest BCUT2D eigenvalue weighted by Crippen LogP contribution is -2.32. The van der Waals surface area contributed by atoms with Gasteiger partial charge in [-0.2, -0.15) is 13.2 Å². The number of alkyl halides is 4. The molecule has 1 N–H and O–H groups in total. The maximum absolute atomic E-state index is 13.8. The van der Waals surface area contributed by atoms with Gasteiger partial charge in [0.15, 0.2) is 15.9 Å². The molecule has 5 nitrogen and oxygen atoms in total. The van der Waals surface area contributed by atoms with Gasteiger partial charge in [0.25, 0.3) is 0 Å². The van der Waals surface area contributed by atoms with Gasteiger partial charge in [0, 0.05) is 18.2 Å². The fourth-order valence-electron chi connectivity index (χ4n) is 2.83. The van der Waals surface area contributed by atoms with Gasteiger partial charge in [-0.1, -0.05) is 36.4 Å². The standard InChI is InChI=1S/C21H21F4NO4S/c1-20(2,22)12-17(19(27)28)26-18(21(23,24)25)15-6-4-13(5-7-15)14-8-10-16(11-9-14)31(3,29)30/h4-11,17H,12H2,1-3H3,(H,27,28). The Bertz CT molecular complexity index is 1070. The topological polar surface area (TPSA) is 83.8 Å². The summed E-state index contributed by atoms with van der Waals surface area (Å²) in [5.41, 5.74) is -2.71. The van der Waals surface area contributed by atoms with E-state index in [1.165, 1.54) is 36.4 Å². The molecule has 0 amide bonds. The van der Waals surface area contributed by atoms with Crippen molar-refractivity contribution in [3.05, 3.63) is 54.1 Å². The summed E-state index contributed by atoms with van der Waals surface area (Å²) >= 11 is 0. The minimum Gasteiger partial charge on any atom is -0.480 e. The van der Waals surface area contributed by atoms with Crippen LogP contribution in [-0.2, 0) is 14.6 Å². The van der Waals surface area contributed by atoms with E-state index in [0.717, 1.165) is 32.2 Å². The average Bonchev–Trinajstić information content (AvgIpc) is 2.62. The Kier molecular flexibility index (Phi) is 6.94. The third kappa shape index (κ3) is 6.88. The van der Waals surface area contributed by atoms with Gasteiger partial charge in [0.05, 0.1) is 4.90 Å². The number of nitrogens with zero attached hydrogens (tertiary/aromatic N) is 1. The fourth-order valence-corrected chi connectivity index (χ4v) is 3.46. The van der Waals surface area contributed by atoms with Gasteiger partial charge in [-0.15, -0.1) is 0 Å². The second-order valence-corrected chi connectivity index (χ2v) is 9.64. The molecule has 0 aliphatic rings. The molecule has 1 unspecified atom stereocenters.